The summed E-state index contributed by atoms with van der Waals surface area (Å²) in [7, 11) is -4.54. The van der Waals surface area contributed by atoms with Crippen molar-refractivity contribution < 1.29 is 13.3 Å². The number of hydrogen-bond acceptors (Lipinski definition) is 5. The lowest BCUT2D eigenvalue weighted by Gasteiger charge is -2.49. The standard InChI is InChI=1S/C13H34N2O3Si2/c1-9-14(10-2)15(19(6,7)8)20(16-11-3,17-12-4)18-13-5/h9-13H2,1-8H3. The smallest absolute Gasteiger partial charge is 0.361 e. The quantitative estimate of drug-likeness (QED) is 0.431. The van der Waals surface area contributed by atoms with Crippen LogP contribution < -0.4 is 0 Å². The molecule has 0 aromatic heterocycles. The Labute approximate surface area is 127 Å². The minimum absolute atomic E-state index is 0.606. The van der Waals surface area contributed by atoms with Crippen molar-refractivity contribution in [3.8, 4) is 0 Å². The summed E-state index contributed by atoms with van der Waals surface area (Å²) in [6.07, 6.45) is 0. The molecule has 0 spiro atoms. The third kappa shape index (κ3) is 5.21. The highest BCUT2D eigenvalue weighted by atomic mass is 28.4. The fraction of sp³-hybridized carbons (Fsp3) is 1.00. The second kappa shape index (κ2) is 9.29. The van der Waals surface area contributed by atoms with Crippen LogP contribution in [-0.2, 0) is 13.3 Å². The first-order valence-electron chi connectivity index (χ1n) is 7.79. The van der Waals surface area contributed by atoms with Gasteiger partial charge in [-0.2, -0.15) is 0 Å². The molecule has 0 aromatic rings. The fourth-order valence-electron chi connectivity index (χ4n) is 2.37. The van der Waals surface area contributed by atoms with Gasteiger partial charge in [0.25, 0.3) is 0 Å². The van der Waals surface area contributed by atoms with E-state index in [4.69, 9.17) is 13.3 Å². The van der Waals surface area contributed by atoms with Crippen molar-refractivity contribution in [2.45, 2.75) is 54.3 Å². The Morgan fingerprint density at radius 1 is 0.700 bits per heavy atom. The summed E-state index contributed by atoms with van der Waals surface area (Å²) in [5, 5.41) is 2.32. The second-order valence-corrected chi connectivity index (χ2v) is 13.0. The Morgan fingerprint density at radius 3 is 1.25 bits per heavy atom. The molecule has 0 unspecified atom stereocenters. The lowest BCUT2D eigenvalue weighted by atomic mass is 10.6. The summed E-state index contributed by atoms with van der Waals surface area (Å²) in [6, 6.07) is 0. The van der Waals surface area contributed by atoms with Crippen LogP contribution in [0.5, 0.6) is 0 Å². The van der Waals surface area contributed by atoms with Crippen LogP contribution in [0.25, 0.3) is 0 Å². The van der Waals surface area contributed by atoms with E-state index in [-0.39, 0.29) is 0 Å². The highest BCUT2D eigenvalue weighted by Gasteiger charge is 2.55. The SMILES string of the molecule is CCO[Si](OCC)(OCC)N(N(CC)CC)[Si](C)(C)C. The van der Waals surface area contributed by atoms with Crippen molar-refractivity contribution in [3.05, 3.63) is 0 Å². The van der Waals surface area contributed by atoms with Gasteiger partial charge in [0.05, 0.1) is 0 Å². The third-order valence-corrected chi connectivity index (χ3v) is 10.0. The van der Waals surface area contributed by atoms with Gasteiger partial charge in [0.2, 0.25) is 0 Å². The highest BCUT2D eigenvalue weighted by Crippen LogP contribution is 2.25. The second-order valence-electron chi connectivity index (χ2n) is 5.44. The molecule has 0 saturated heterocycles. The van der Waals surface area contributed by atoms with Crippen LogP contribution >= 0.6 is 0 Å². The summed E-state index contributed by atoms with van der Waals surface area (Å²) in [6.45, 7) is 21.0. The van der Waals surface area contributed by atoms with Crippen molar-refractivity contribution in [1.29, 1.82) is 0 Å². The first kappa shape index (κ1) is 20.2. The van der Waals surface area contributed by atoms with Crippen LogP contribution in [0.3, 0.4) is 0 Å². The van der Waals surface area contributed by atoms with Crippen molar-refractivity contribution in [2.24, 2.45) is 0 Å². The third-order valence-electron chi connectivity index (χ3n) is 2.89. The minimum Gasteiger partial charge on any atom is -0.361 e. The van der Waals surface area contributed by atoms with E-state index in [0.29, 0.717) is 19.8 Å². The molecule has 0 N–H and O–H groups in total. The minimum atomic E-state index is -2.84. The zero-order chi connectivity index (χ0) is 15.8. The van der Waals surface area contributed by atoms with Crippen molar-refractivity contribution in [3.63, 3.8) is 0 Å². The molecule has 0 heterocycles. The molecule has 0 bridgehead atoms. The Kier molecular flexibility index (Phi) is 9.40. The maximum absolute atomic E-state index is 6.10. The zero-order valence-corrected chi connectivity index (χ0v) is 16.7. The average Bonchev–Trinajstić information content (AvgIpc) is 2.35. The zero-order valence-electron chi connectivity index (χ0n) is 14.7. The van der Waals surface area contributed by atoms with Gasteiger partial charge < -0.3 is 13.3 Å². The number of hydrazine groups is 1. The van der Waals surface area contributed by atoms with Gasteiger partial charge in [-0.1, -0.05) is 33.5 Å². The van der Waals surface area contributed by atoms with Gasteiger partial charge >= 0.3 is 8.97 Å². The molecule has 0 radical (unpaired) electrons. The maximum atomic E-state index is 6.10. The van der Waals surface area contributed by atoms with E-state index in [1.807, 2.05) is 20.8 Å². The van der Waals surface area contributed by atoms with E-state index in [1.165, 1.54) is 0 Å². The van der Waals surface area contributed by atoms with E-state index in [9.17, 15) is 0 Å². The molecule has 0 aromatic carbocycles. The predicted molar refractivity (Wildman–Crippen MR) is 88.7 cm³/mol. The summed E-state index contributed by atoms with van der Waals surface area (Å²) in [4.78, 5) is 0. The number of rotatable bonds is 11. The van der Waals surface area contributed by atoms with Crippen LogP contribution in [0.2, 0.25) is 19.6 Å². The molecule has 0 aliphatic heterocycles. The number of nitrogens with zero attached hydrogens (tertiary/aromatic N) is 2. The Hall–Kier alpha value is 0.234. The van der Waals surface area contributed by atoms with Crippen LogP contribution in [0.1, 0.15) is 34.6 Å². The molecule has 0 amide bonds. The average molecular weight is 323 g/mol. The molecule has 0 fully saturated rings. The lowest BCUT2D eigenvalue weighted by Crippen LogP contribution is -2.73. The lowest BCUT2D eigenvalue weighted by molar-refractivity contribution is -0.0271. The Bertz CT molecular complexity index is 241. The molecule has 0 saturated carbocycles. The van der Waals surface area contributed by atoms with Gasteiger partial charge in [0.1, 0.15) is 8.24 Å². The van der Waals surface area contributed by atoms with Gasteiger partial charge in [-0.25, -0.2) is 9.35 Å². The molecule has 0 aliphatic rings. The largest absolute Gasteiger partial charge is 0.606 e. The Balaban J connectivity index is 5.69. The van der Waals surface area contributed by atoms with E-state index in [2.05, 4.69) is 42.8 Å². The molecular weight excluding hydrogens is 288 g/mol. The monoisotopic (exact) mass is 322 g/mol. The topological polar surface area (TPSA) is 34.2 Å². The summed E-state index contributed by atoms with van der Waals surface area (Å²) >= 11 is 0. The fourth-order valence-corrected chi connectivity index (χ4v) is 9.71. The normalized spacial score (nSPS) is 13.5. The molecule has 20 heavy (non-hydrogen) atoms. The maximum Gasteiger partial charge on any atom is 0.606 e. The Morgan fingerprint density at radius 2 is 1.05 bits per heavy atom. The molecule has 122 valence electrons. The predicted octanol–water partition coefficient (Wildman–Crippen LogP) is 2.93. The van der Waals surface area contributed by atoms with Crippen molar-refractivity contribution >= 4 is 17.2 Å². The number of hydrogen-bond donors (Lipinski definition) is 0. The van der Waals surface area contributed by atoms with E-state index < -0.39 is 17.2 Å². The van der Waals surface area contributed by atoms with E-state index >= 15 is 0 Å². The molecule has 7 heteroatoms. The van der Waals surface area contributed by atoms with E-state index in [1.54, 1.807) is 0 Å². The van der Waals surface area contributed by atoms with Gasteiger partial charge in [0, 0.05) is 32.9 Å². The summed E-state index contributed by atoms with van der Waals surface area (Å²) in [5.74, 6) is 0. The first-order chi connectivity index (χ1) is 9.32. The van der Waals surface area contributed by atoms with Crippen LogP contribution in [0.4, 0.5) is 0 Å². The molecular formula is C13H34N2O3Si2. The van der Waals surface area contributed by atoms with Crippen LogP contribution in [0, 0.1) is 0 Å². The molecule has 5 nitrogen and oxygen atoms in total. The summed E-state index contributed by atoms with van der Waals surface area (Å²) in [5.41, 5.74) is 0. The first-order valence-corrected chi connectivity index (χ1v) is 12.9. The van der Waals surface area contributed by atoms with Gasteiger partial charge in [0.15, 0.2) is 0 Å². The highest BCUT2D eigenvalue weighted by molar-refractivity contribution is 6.83. The van der Waals surface area contributed by atoms with Gasteiger partial charge in [-0.15, -0.1) is 0 Å². The molecule has 0 aliphatic carbocycles. The molecule has 0 atom stereocenters. The van der Waals surface area contributed by atoms with Crippen LogP contribution in [-0.4, -0.2) is 59.5 Å². The van der Waals surface area contributed by atoms with Gasteiger partial charge in [-0.3, -0.25) is 0 Å². The van der Waals surface area contributed by atoms with Gasteiger partial charge in [-0.05, 0) is 20.8 Å². The van der Waals surface area contributed by atoms with E-state index in [0.717, 1.165) is 13.1 Å². The molecule has 0 rings (SSSR count). The van der Waals surface area contributed by atoms with Crippen molar-refractivity contribution in [2.75, 3.05) is 32.9 Å². The summed E-state index contributed by atoms with van der Waals surface area (Å²) < 4.78 is 20.6. The van der Waals surface area contributed by atoms with Crippen molar-refractivity contribution in [1.82, 2.24) is 9.35 Å². The van der Waals surface area contributed by atoms with Crippen LogP contribution in [0.15, 0.2) is 0 Å².